The summed E-state index contributed by atoms with van der Waals surface area (Å²) in [6.45, 7) is 6.51. The van der Waals surface area contributed by atoms with Crippen LogP contribution in [0.1, 0.15) is 33.6 Å². The first-order chi connectivity index (χ1) is 8.74. The van der Waals surface area contributed by atoms with Crippen molar-refractivity contribution in [3.8, 4) is 0 Å². The average Bonchev–Trinajstić information content (AvgIpc) is 2.23. The molecule has 0 heterocycles. The third-order valence-corrected chi connectivity index (χ3v) is 5.82. The Kier molecular flexibility index (Phi) is 3.90. The number of carboxylic acid groups (broad SMARTS) is 1. The molecule has 0 amide bonds. The number of carboxylic acids is 1. The van der Waals surface area contributed by atoms with E-state index in [-0.39, 0.29) is 5.41 Å². The van der Waals surface area contributed by atoms with Gasteiger partial charge in [0.25, 0.3) is 0 Å². The Balaban J connectivity index is 2.17. The van der Waals surface area contributed by atoms with Crippen LogP contribution in [-0.2, 0) is 4.79 Å². The minimum atomic E-state index is -0.724. The quantitative estimate of drug-likeness (QED) is 0.878. The highest BCUT2D eigenvalue weighted by Gasteiger charge is 2.54. The molecule has 0 spiro atoms. The van der Waals surface area contributed by atoms with Crippen LogP contribution in [0.2, 0.25) is 5.02 Å². The molecule has 0 saturated heterocycles. The van der Waals surface area contributed by atoms with Crippen LogP contribution in [-0.4, -0.2) is 15.8 Å². The van der Waals surface area contributed by atoms with Crippen LogP contribution in [0.25, 0.3) is 0 Å². The number of hydrogen-bond acceptors (Lipinski definition) is 2. The maximum Gasteiger partial charge on any atom is 0.320 e. The maximum atomic E-state index is 11.6. The molecule has 2 nitrogen and oxygen atoms in total. The monoisotopic (exact) mass is 298 g/mol. The summed E-state index contributed by atoms with van der Waals surface area (Å²) < 4.78 is -0.705. The van der Waals surface area contributed by atoms with Crippen molar-refractivity contribution in [3.05, 3.63) is 29.3 Å². The number of carbonyl (C=O) groups is 1. The molecule has 4 heteroatoms. The molecule has 0 aromatic heterocycles. The summed E-state index contributed by atoms with van der Waals surface area (Å²) in [5.74, 6) is -0.267. The van der Waals surface area contributed by atoms with Crippen molar-refractivity contribution < 1.29 is 9.90 Å². The number of rotatable bonds is 3. The fourth-order valence-electron chi connectivity index (χ4n) is 2.39. The number of halogens is 1. The molecule has 0 aliphatic heterocycles. The van der Waals surface area contributed by atoms with Gasteiger partial charge in [0.1, 0.15) is 4.75 Å². The second kappa shape index (κ2) is 5.02. The molecule has 19 heavy (non-hydrogen) atoms. The van der Waals surface area contributed by atoms with Crippen molar-refractivity contribution in [2.24, 2.45) is 11.3 Å². The first-order valence-electron chi connectivity index (χ1n) is 6.41. The van der Waals surface area contributed by atoms with Crippen LogP contribution >= 0.6 is 23.4 Å². The van der Waals surface area contributed by atoms with E-state index in [1.54, 1.807) is 6.07 Å². The summed E-state index contributed by atoms with van der Waals surface area (Å²) in [4.78, 5) is 12.5. The largest absolute Gasteiger partial charge is 0.480 e. The summed E-state index contributed by atoms with van der Waals surface area (Å²) in [5.41, 5.74) is 0.167. The number of benzene rings is 1. The van der Waals surface area contributed by atoms with Gasteiger partial charge < -0.3 is 5.11 Å². The molecule has 104 valence electrons. The van der Waals surface area contributed by atoms with Gasteiger partial charge in [-0.05, 0) is 36.3 Å². The van der Waals surface area contributed by atoms with E-state index < -0.39 is 10.7 Å². The molecule has 1 aromatic carbocycles. The van der Waals surface area contributed by atoms with E-state index in [2.05, 4.69) is 20.8 Å². The van der Waals surface area contributed by atoms with Crippen LogP contribution in [0, 0.1) is 11.3 Å². The Morgan fingerprint density at radius 1 is 1.37 bits per heavy atom. The topological polar surface area (TPSA) is 37.3 Å². The Labute approximate surface area is 123 Å². The first kappa shape index (κ1) is 14.7. The van der Waals surface area contributed by atoms with Crippen LogP contribution in [0.3, 0.4) is 0 Å². The van der Waals surface area contributed by atoms with E-state index in [0.717, 1.165) is 4.90 Å². The fourth-order valence-corrected chi connectivity index (χ4v) is 4.03. The van der Waals surface area contributed by atoms with Gasteiger partial charge in [-0.25, -0.2) is 0 Å². The number of hydrogen-bond donors (Lipinski definition) is 1. The van der Waals surface area contributed by atoms with E-state index in [4.69, 9.17) is 11.6 Å². The van der Waals surface area contributed by atoms with Crippen molar-refractivity contribution >= 4 is 29.3 Å². The second-order valence-corrected chi connectivity index (χ2v) is 8.14. The van der Waals surface area contributed by atoms with E-state index in [1.165, 1.54) is 11.8 Å². The lowest BCUT2D eigenvalue weighted by Gasteiger charge is -2.49. The molecule has 1 aliphatic rings. The first-order valence-corrected chi connectivity index (χ1v) is 7.61. The molecule has 1 aliphatic carbocycles. The second-order valence-electron chi connectivity index (χ2n) is 6.30. The smallest absolute Gasteiger partial charge is 0.320 e. The van der Waals surface area contributed by atoms with Crippen LogP contribution in [0.5, 0.6) is 0 Å². The van der Waals surface area contributed by atoms with Gasteiger partial charge in [-0.1, -0.05) is 44.5 Å². The standard InChI is InChI=1S/C15H19ClO2S/c1-14(2,3)10-8-15(9-10,13(17)18)19-12-7-5-4-6-11(12)16/h4-7,10H,8-9H2,1-3H3,(H,17,18). The van der Waals surface area contributed by atoms with Gasteiger partial charge in [0.15, 0.2) is 0 Å². The van der Waals surface area contributed by atoms with Gasteiger partial charge in [-0.2, -0.15) is 0 Å². The highest BCUT2D eigenvalue weighted by atomic mass is 35.5. The lowest BCUT2D eigenvalue weighted by atomic mass is 9.62. The molecule has 1 N–H and O–H groups in total. The minimum absolute atomic E-state index is 0.167. The Hall–Kier alpha value is -0.670. The van der Waals surface area contributed by atoms with Crippen molar-refractivity contribution in [2.75, 3.05) is 0 Å². The Morgan fingerprint density at radius 3 is 2.42 bits per heavy atom. The maximum absolute atomic E-state index is 11.6. The van der Waals surface area contributed by atoms with E-state index in [0.29, 0.717) is 23.8 Å². The average molecular weight is 299 g/mol. The Morgan fingerprint density at radius 2 is 1.95 bits per heavy atom. The molecule has 1 aromatic rings. The Bertz CT molecular complexity index is 487. The summed E-state index contributed by atoms with van der Waals surface area (Å²) in [5, 5.41) is 10.2. The van der Waals surface area contributed by atoms with Crippen molar-refractivity contribution in [1.82, 2.24) is 0 Å². The molecular formula is C15H19ClO2S. The van der Waals surface area contributed by atoms with Gasteiger partial charge in [0.05, 0.1) is 5.02 Å². The minimum Gasteiger partial charge on any atom is -0.480 e. The SMILES string of the molecule is CC(C)(C)C1CC(Sc2ccccc2Cl)(C(=O)O)C1. The normalized spacial score (nSPS) is 26.8. The van der Waals surface area contributed by atoms with Crippen LogP contribution < -0.4 is 0 Å². The highest BCUT2D eigenvalue weighted by molar-refractivity contribution is 8.01. The molecule has 0 atom stereocenters. The zero-order valence-electron chi connectivity index (χ0n) is 11.4. The van der Waals surface area contributed by atoms with Crippen molar-refractivity contribution in [1.29, 1.82) is 0 Å². The van der Waals surface area contributed by atoms with Crippen LogP contribution in [0.4, 0.5) is 0 Å². The predicted octanol–water partition coefficient (Wildman–Crippen LogP) is 4.71. The lowest BCUT2D eigenvalue weighted by Crippen LogP contribution is -2.51. The number of aliphatic carboxylic acids is 1. The van der Waals surface area contributed by atoms with Gasteiger partial charge in [-0.15, -0.1) is 11.8 Å². The molecule has 1 fully saturated rings. The fraction of sp³-hybridized carbons (Fsp3) is 0.533. The zero-order chi connectivity index (χ0) is 14.3. The highest BCUT2D eigenvalue weighted by Crippen LogP contribution is 2.57. The van der Waals surface area contributed by atoms with Gasteiger partial charge in [-0.3, -0.25) is 4.79 Å². The van der Waals surface area contributed by atoms with E-state index in [1.807, 2.05) is 18.2 Å². The molecule has 1 saturated carbocycles. The van der Waals surface area contributed by atoms with Crippen molar-refractivity contribution in [2.45, 2.75) is 43.3 Å². The molecule has 0 bridgehead atoms. The molecule has 0 radical (unpaired) electrons. The van der Waals surface area contributed by atoms with Gasteiger partial charge >= 0.3 is 5.97 Å². The summed E-state index contributed by atoms with van der Waals surface area (Å²) in [6.07, 6.45) is 1.42. The van der Waals surface area contributed by atoms with Crippen LogP contribution in [0.15, 0.2) is 29.2 Å². The van der Waals surface area contributed by atoms with E-state index in [9.17, 15) is 9.90 Å². The number of thioether (sulfide) groups is 1. The third kappa shape index (κ3) is 2.92. The lowest BCUT2D eigenvalue weighted by molar-refractivity contribution is -0.145. The zero-order valence-corrected chi connectivity index (χ0v) is 13.0. The molecular weight excluding hydrogens is 280 g/mol. The van der Waals surface area contributed by atoms with Gasteiger partial charge in [0.2, 0.25) is 0 Å². The molecule has 2 rings (SSSR count). The van der Waals surface area contributed by atoms with E-state index >= 15 is 0 Å². The summed E-state index contributed by atoms with van der Waals surface area (Å²) >= 11 is 7.53. The third-order valence-electron chi connectivity index (χ3n) is 3.91. The summed E-state index contributed by atoms with van der Waals surface area (Å²) in [7, 11) is 0. The summed E-state index contributed by atoms with van der Waals surface area (Å²) in [6, 6.07) is 7.45. The predicted molar refractivity (Wildman–Crippen MR) is 79.9 cm³/mol. The van der Waals surface area contributed by atoms with Gasteiger partial charge in [0, 0.05) is 4.90 Å². The molecule has 0 unspecified atom stereocenters. The van der Waals surface area contributed by atoms with Crippen molar-refractivity contribution in [3.63, 3.8) is 0 Å².